The van der Waals surface area contributed by atoms with Crippen LogP contribution in [0.4, 0.5) is 8.78 Å². The minimum atomic E-state index is -3.49. The zero-order valence-corrected chi connectivity index (χ0v) is 11.3. The second-order valence-electron chi connectivity index (χ2n) is 4.45. The van der Waals surface area contributed by atoms with Crippen LogP contribution in [0.5, 0.6) is 0 Å². The lowest BCUT2D eigenvalue weighted by atomic mass is 10.2. The third-order valence-corrected chi connectivity index (χ3v) is 3.11. The molecule has 3 nitrogen and oxygen atoms in total. The number of nitrogens with zero attached hydrogens (tertiary/aromatic N) is 3. The summed E-state index contributed by atoms with van der Waals surface area (Å²) in [6.07, 6.45) is 0. The van der Waals surface area contributed by atoms with Gasteiger partial charge in [-0.2, -0.15) is 13.9 Å². The number of hydrogen-bond acceptors (Lipinski definition) is 2. The molecule has 1 aromatic carbocycles. The molecule has 0 aliphatic carbocycles. The van der Waals surface area contributed by atoms with Gasteiger partial charge in [-0.25, -0.2) is 9.50 Å². The Kier molecular flexibility index (Phi) is 2.94. The Morgan fingerprint density at radius 2 is 1.85 bits per heavy atom. The minimum Gasteiger partial charge on any atom is -0.234 e. The summed E-state index contributed by atoms with van der Waals surface area (Å²) in [5.74, 6) is 0. The molecule has 0 unspecified atom stereocenters. The molecule has 0 saturated heterocycles. The summed E-state index contributed by atoms with van der Waals surface area (Å²) in [6, 6.07) is 12.2. The first kappa shape index (κ1) is 13.0. The average molecular weight is 294 g/mol. The first-order valence-corrected chi connectivity index (χ1v) is 6.33. The van der Waals surface area contributed by atoms with Gasteiger partial charge in [0.25, 0.3) is 0 Å². The van der Waals surface area contributed by atoms with Crippen molar-refractivity contribution in [2.45, 2.75) is 12.3 Å². The molecule has 0 atom stereocenters. The molecular formula is C14H10ClF2N3. The molecule has 0 spiro atoms. The Morgan fingerprint density at radius 1 is 1.15 bits per heavy atom. The predicted molar refractivity (Wildman–Crippen MR) is 72.9 cm³/mol. The van der Waals surface area contributed by atoms with E-state index in [-0.39, 0.29) is 5.69 Å². The lowest BCUT2D eigenvalue weighted by molar-refractivity contribution is 0.0871. The fourth-order valence-electron chi connectivity index (χ4n) is 2.05. The Morgan fingerprint density at radius 3 is 2.50 bits per heavy atom. The van der Waals surface area contributed by atoms with E-state index in [2.05, 4.69) is 10.1 Å². The van der Waals surface area contributed by atoms with Crippen molar-refractivity contribution in [2.24, 2.45) is 0 Å². The standard InChI is InChI=1S/C14H10ClF2N3/c1-9-7-12(14(15,16)17)20-13(18-9)8-11(19-20)10-5-3-2-4-6-10/h2-8H,1H3. The minimum absolute atomic E-state index is 0.346. The van der Waals surface area contributed by atoms with Gasteiger partial charge in [-0.3, -0.25) is 0 Å². The number of halogens is 3. The number of hydrogen-bond donors (Lipinski definition) is 0. The van der Waals surface area contributed by atoms with Gasteiger partial charge in [-0.05, 0) is 24.6 Å². The van der Waals surface area contributed by atoms with E-state index in [1.54, 1.807) is 13.0 Å². The van der Waals surface area contributed by atoms with Gasteiger partial charge >= 0.3 is 5.38 Å². The summed E-state index contributed by atoms with van der Waals surface area (Å²) in [7, 11) is 0. The van der Waals surface area contributed by atoms with Gasteiger partial charge in [-0.15, -0.1) is 0 Å². The quantitative estimate of drug-likeness (QED) is 0.669. The molecule has 2 aromatic heterocycles. The van der Waals surface area contributed by atoms with Gasteiger partial charge in [0, 0.05) is 17.3 Å². The van der Waals surface area contributed by atoms with Crippen molar-refractivity contribution in [3.8, 4) is 11.3 Å². The topological polar surface area (TPSA) is 30.2 Å². The van der Waals surface area contributed by atoms with Gasteiger partial charge in [-0.1, -0.05) is 30.3 Å². The smallest absolute Gasteiger partial charge is 0.234 e. The van der Waals surface area contributed by atoms with E-state index < -0.39 is 5.38 Å². The van der Waals surface area contributed by atoms with Gasteiger partial charge in [0.2, 0.25) is 0 Å². The highest BCUT2D eigenvalue weighted by Crippen LogP contribution is 2.33. The lowest BCUT2D eigenvalue weighted by Crippen LogP contribution is -2.12. The Bertz CT molecular complexity index is 763. The van der Waals surface area contributed by atoms with Gasteiger partial charge in [0.1, 0.15) is 5.69 Å². The SMILES string of the molecule is Cc1cc(C(F)(F)Cl)n2nc(-c3ccccc3)cc2n1. The van der Waals surface area contributed by atoms with Crippen molar-refractivity contribution in [2.75, 3.05) is 0 Å². The van der Waals surface area contributed by atoms with Crippen LogP contribution in [0.15, 0.2) is 42.5 Å². The summed E-state index contributed by atoms with van der Waals surface area (Å²) in [5, 5.41) is 0.686. The van der Waals surface area contributed by atoms with Gasteiger partial charge in [0.05, 0.1) is 5.69 Å². The maximum atomic E-state index is 13.5. The van der Waals surface area contributed by atoms with Crippen molar-refractivity contribution in [3.63, 3.8) is 0 Å². The van der Waals surface area contributed by atoms with Crippen LogP contribution in [0.1, 0.15) is 11.4 Å². The number of rotatable bonds is 2. The number of aryl methyl sites for hydroxylation is 1. The highest BCUT2D eigenvalue weighted by atomic mass is 35.5. The molecule has 0 aliphatic heterocycles. The van der Waals surface area contributed by atoms with E-state index in [1.807, 2.05) is 30.3 Å². The first-order valence-electron chi connectivity index (χ1n) is 5.95. The second-order valence-corrected chi connectivity index (χ2v) is 4.92. The van der Waals surface area contributed by atoms with Crippen LogP contribution in [0.25, 0.3) is 16.9 Å². The molecule has 0 amide bonds. The number of benzene rings is 1. The molecule has 0 N–H and O–H groups in total. The van der Waals surface area contributed by atoms with Crippen LogP contribution < -0.4 is 0 Å². The summed E-state index contributed by atoms with van der Waals surface area (Å²) in [6.45, 7) is 1.64. The van der Waals surface area contributed by atoms with Crippen LogP contribution >= 0.6 is 11.6 Å². The van der Waals surface area contributed by atoms with Crippen LogP contribution in [0.3, 0.4) is 0 Å². The Hall–Kier alpha value is -2.01. The van der Waals surface area contributed by atoms with Crippen LogP contribution in [0, 0.1) is 6.92 Å². The third-order valence-electron chi connectivity index (χ3n) is 2.92. The molecule has 0 fully saturated rings. The van der Waals surface area contributed by atoms with Crippen molar-refractivity contribution in [3.05, 3.63) is 53.9 Å². The van der Waals surface area contributed by atoms with Crippen LogP contribution in [-0.2, 0) is 5.38 Å². The van der Waals surface area contributed by atoms with E-state index in [0.717, 1.165) is 10.1 Å². The van der Waals surface area contributed by atoms with Gasteiger partial charge < -0.3 is 0 Å². The van der Waals surface area contributed by atoms with E-state index in [4.69, 9.17) is 11.6 Å². The van der Waals surface area contributed by atoms with Crippen molar-refractivity contribution < 1.29 is 8.78 Å². The first-order chi connectivity index (χ1) is 9.45. The maximum Gasteiger partial charge on any atom is 0.364 e. The van der Waals surface area contributed by atoms with Crippen molar-refractivity contribution in [1.29, 1.82) is 0 Å². The normalized spacial score (nSPS) is 12.0. The van der Waals surface area contributed by atoms with E-state index in [9.17, 15) is 8.78 Å². The summed E-state index contributed by atoms with van der Waals surface area (Å²) >= 11 is 5.14. The molecule has 102 valence electrons. The van der Waals surface area contributed by atoms with Gasteiger partial charge in [0.15, 0.2) is 5.65 Å². The van der Waals surface area contributed by atoms with Crippen LogP contribution in [0.2, 0.25) is 0 Å². The van der Waals surface area contributed by atoms with E-state index >= 15 is 0 Å². The number of fused-ring (bicyclic) bond motifs is 1. The average Bonchev–Trinajstić information content (AvgIpc) is 2.81. The molecule has 6 heteroatoms. The third kappa shape index (κ3) is 2.25. The van der Waals surface area contributed by atoms with E-state index in [0.29, 0.717) is 17.0 Å². The summed E-state index contributed by atoms with van der Waals surface area (Å²) in [4.78, 5) is 4.20. The van der Waals surface area contributed by atoms with Crippen LogP contribution in [-0.4, -0.2) is 14.6 Å². The monoisotopic (exact) mass is 293 g/mol. The maximum absolute atomic E-state index is 13.5. The molecular weight excluding hydrogens is 284 g/mol. The summed E-state index contributed by atoms with van der Waals surface area (Å²) in [5.41, 5.74) is 1.83. The number of aromatic nitrogens is 3. The molecule has 2 heterocycles. The summed E-state index contributed by atoms with van der Waals surface area (Å²) < 4.78 is 28.0. The Balaban J connectivity index is 2.26. The highest BCUT2D eigenvalue weighted by Gasteiger charge is 2.32. The molecule has 3 rings (SSSR count). The Labute approximate surface area is 118 Å². The molecule has 0 radical (unpaired) electrons. The highest BCUT2D eigenvalue weighted by molar-refractivity contribution is 6.21. The lowest BCUT2D eigenvalue weighted by Gasteiger charge is -2.10. The molecule has 20 heavy (non-hydrogen) atoms. The number of alkyl halides is 3. The molecule has 0 saturated carbocycles. The fraction of sp³-hybridized carbons (Fsp3) is 0.143. The zero-order valence-electron chi connectivity index (χ0n) is 10.5. The van der Waals surface area contributed by atoms with Crippen molar-refractivity contribution in [1.82, 2.24) is 14.6 Å². The van der Waals surface area contributed by atoms with Crippen molar-refractivity contribution >= 4 is 17.2 Å². The fourth-order valence-corrected chi connectivity index (χ4v) is 2.19. The predicted octanol–water partition coefficient (Wildman–Crippen LogP) is 3.99. The second kappa shape index (κ2) is 4.52. The zero-order chi connectivity index (χ0) is 14.3. The molecule has 3 aromatic rings. The van der Waals surface area contributed by atoms with E-state index in [1.165, 1.54) is 6.07 Å². The molecule has 0 bridgehead atoms. The molecule has 0 aliphatic rings. The largest absolute Gasteiger partial charge is 0.364 e.